The standard InChI is InChI=1S/C9H13Cl2NS/c1-7(10)4-5-12-6-8-2-3-9(11)13-8/h2-3,7,12H,4-6H2,1H3. The molecule has 0 aliphatic carbocycles. The van der Waals surface area contributed by atoms with E-state index in [1.807, 2.05) is 19.1 Å². The van der Waals surface area contributed by atoms with Gasteiger partial charge in [-0.15, -0.1) is 22.9 Å². The summed E-state index contributed by atoms with van der Waals surface area (Å²) in [5.41, 5.74) is 0. The van der Waals surface area contributed by atoms with Crippen molar-refractivity contribution in [2.45, 2.75) is 25.3 Å². The minimum Gasteiger partial charge on any atom is -0.312 e. The average molecular weight is 238 g/mol. The van der Waals surface area contributed by atoms with Crippen molar-refractivity contribution >= 4 is 34.5 Å². The van der Waals surface area contributed by atoms with Gasteiger partial charge in [-0.25, -0.2) is 0 Å². The van der Waals surface area contributed by atoms with Crippen molar-refractivity contribution < 1.29 is 0 Å². The molecule has 1 nitrogen and oxygen atoms in total. The summed E-state index contributed by atoms with van der Waals surface area (Å²) in [6.07, 6.45) is 1.00. The summed E-state index contributed by atoms with van der Waals surface area (Å²) in [5, 5.41) is 3.56. The molecule has 13 heavy (non-hydrogen) atoms. The molecule has 0 fully saturated rings. The predicted octanol–water partition coefficient (Wildman–Crippen LogP) is 3.51. The van der Waals surface area contributed by atoms with E-state index in [0.29, 0.717) is 0 Å². The summed E-state index contributed by atoms with van der Waals surface area (Å²) >= 11 is 13.2. The third-order valence-corrected chi connectivity index (χ3v) is 3.10. The molecule has 1 aromatic rings. The van der Waals surface area contributed by atoms with Crippen molar-refractivity contribution in [3.05, 3.63) is 21.3 Å². The van der Waals surface area contributed by atoms with Gasteiger partial charge >= 0.3 is 0 Å². The predicted molar refractivity (Wildman–Crippen MR) is 61.0 cm³/mol. The molecule has 0 radical (unpaired) electrons. The fraction of sp³-hybridized carbons (Fsp3) is 0.556. The van der Waals surface area contributed by atoms with Gasteiger partial charge in [0.25, 0.3) is 0 Å². The minimum absolute atomic E-state index is 0.249. The van der Waals surface area contributed by atoms with Crippen LogP contribution in [0, 0.1) is 0 Å². The molecule has 4 heteroatoms. The third-order valence-electron chi connectivity index (χ3n) is 1.65. The van der Waals surface area contributed by atoms with Crippen LogP contribution in [0.25, 0.3) is 0 Å². The lowest BCUT2D eigenvalue weighted by Crippen LogP contribution is -2.16. The second-order valence-corrected chi connectivity index (χ2v) is 5.50. The van der Waals surface area contributed by atoms with E-state index < -0.39 is 0 Å². The van der Waals surface area contributed by atoms with Crippen molar-refractivity contribution in [3.63, 3.8) is 0 Å². The fourth-order valence-electron chi connectivity index (χ4n) is 0.959. The summed E-state index contributed by atoms with van der Waals surface area (Å²) in [5.74, 6) is 0. The molecule has 0 saturated carbocycles. The van der Waals surface area contributed by atoms with Crippen LogP contribution in [0.15, 0.2) is 12.1 Å². The number of halogens is 2. The van der Waals surface area contributed by atoms with Crippen LogP contribution in [-0.4, -0.2) is 11.9 Å². The Morgan fingerprint density at radius 2 is 2.31 bits per heavy atom. The maximum absolute atomic E-state index is 5.81. The topological polar surface area (TPSA) is 12.0 Å². The summed E-state index contributed by atoms with van der Waals surface area (Å²) in [6.45, 7) is 3.85. The van der Waals surface area contributed by atoms with Gasteiger partial charge in [0.2, 0.25) is 0 Å². The van der Waals surface area contributed by atoms with Crippen LogP contribution >= 0.6 is 34.5 Å². The molecule has 1 heterocycles. The first-order valence-corrected chi connectivity index (χ1v) is 5.90. The lowest BCUT2D eigenvalue weighted by atomic mass is 10.3. The van der Waals surface area contributed by atoms with Gasteiger partial charge in [0, 0.05) is 16.8 Å². The molecule has 0 amide bonds. The van der Waals surface area contributed by atoms with Gasteiger partial charge in [-0.1, -0.05) is 11.6 Å². The van der Waals surface area contributed by atoms with Crippen LogP contribution < -0.4 is 5.32 Å². The Morgan fingerprint density at radius 1 is 1.54 bits per heavy atom. The van der Waals surface area contributed by atoms with Gasteiger partial charge in [0.05, 0.1) is 4.34 Å². The normalized spacial score (nSPS) is 13.2. The lowest BCUT2D eigenvalue weighted by molar-refractivity contribution is 0.649. The Bertz CT molecular complexity index is 248. The smallest absolute Gasteiger partial charge is 0.0931 e. The first-order valence-electron chi connectivity index (χ1n) is 4.27. The molecule has 1 N–H and O–H groups in total. The number of thiophene rings is 1. The van der Waals surface area contributed by atoms with Gasteiger partial charge in [-0.05, 0) is 32.0 Å². The van der Waals surface area contributed by atoms with Gasteiger partial charge in [-0.3, -0.25) is 0 Å². The Labute approximate surface area is 93.1 Å². The molecular weight excluding hydrogens is 225 g/mol. The quantitative estimate of drug-likeness (QED) is 0.611. The highest BCUT2D eigenvalue weighted by molar-refractivity contribution is 7.16. The highest BCUT2D eigenvalue weighted by Gasteiger charge is 1.98. The van der Waals surface area contributed by atoms with Crippen LogP contribution in [0.3, 0.4) is 0 Å². The molecule has 1 aromatic heterocycles. The van der Waals surface area contributed by atoms with Crippen LogP contribution in [0.4, 0.5) is 0 Å². The second-order valence-electron chi connectivity index (χ2n) is 2.95. The van der Waals surface area contributed by atoms with Crippen LogP contribution in [0.2, 0.25) is 4.34 Å². The van der Waals surface area contributed by atoms with Crippen molar-refractivity contribution in [1.82, 2.24) is 5.32 Å². The zero-order valence-electron chi connectivity index (χ0n) is 7.52. The van der Waals surface area contributed by atoms with Crippen LogP contribution in [0.1, 0.15) is 18.2 Å². The minimum atomic E-state index is 0.249. The molecule has 0 aliphatic rings. The van der Waals surface area contributed by atoms with Gasteiger partial charge in [-0.2, -0.15) is 0 Å². The molecule has 0 saturated heterocycles. The molecule has 0 spiro atoms. The fourth-order valence-corrected chi connectivity index (χ4v) is 2.13. The summed E-state index contributed by atoms with van der Waals surface area (Å²) in [6, 6.07) is 3.97. The zero-order valence-corrected chi connectivity index (χ0v) is 9.85. The number of rotatable bonds is 5. The Morgan fingerprint density at radius 3 is 2.85 bits per heavy atom. The van der Waals surface area contributed by atoms with E-state index in [4.69, 9.17) is 23.2 Å². The van der Waals surface area contributed by atoms with Gasteiger partial charge in [0.1, 0.15) is 0 Å². The first-order chi connectivity index (χ1) is 6.18. The van der Waals surface area contributed by atoms with Crippen molar-refractivity contribution in [2.75, 3.05) is 6.54 Å². The first kappa shape index (κ1) is 11.3. The highest BCUT2D eigenvalue weighted by Crippen LogP contribution is 2.20. The van der Waals surface area contributed by atoms with E-state index in [0.717, 1.165) is 23.8 Å². The van der Waals surface area contributed by atoms with Crippen LogP contribution in [0.5, 0.6) is 0 Å². The zero-order chi connectivity index (χ0) is 9.68. The second kappa shape index (κ2) is 5.86. The van der Waals surface area contributed by atoms with E-state index >= 15 is 0 Å². The number of hydrogen-bond donors (Lipinski definition) is 1. The molecule has 0 aromatic carbocycles. The average Bonchev–Trinajstić information content (AvgIpc) is 2.45. The molecule has 1 unspecified atom stereocenters. The Balaban J connectivity index is 2.13. The van der Waals surface area contributed by atoms with Crippen molar-refractivity contribution in [2.24, 2.45) is 0 Å². The maximum Gasteiger partial charge on any atom is 0.0931 e. The monoisotopic (exact) mass is 237 g/mol. The molecule has 1 atom stereocenters. The van der Waals surface area contributed by atoms with E-state index in [1.165, 1.54) is 4.88 Å². The molecule has 1 rings (SSSR count). The summed E-state index contributed by atoms with van der Waals surface area (Å²) < 4.78 is 0.850. The largest absolute Gasteiger partial charge is 0.312 e. The van der Waals surface area contributed by atoms with E-state index in [-0.39, 0.29) is 5.38 Å². The summed E-state index contributed by atoms with van der Waals surface area (Å²) in [4.78, 5) is 1.27. The Hall–Kier alpha value is 0.240. The highest BCUT2D eigenvalue weighted by atomic mass is 35.5. The van der Waals surface area contributed by atoms with Crippen molar-refractivity contribution in [3.8, 4) is 0 Å². The van der Waals surface area contributed by atoms with Crippen LogP contribution in [-0.2, 0) is 6.54 Å². The van der Waals surface area contributed by atoms with E-state index in [9.17, 15) is 0 Å². The molecule has 0 aliphatic heterocycles. The van der Waals surface area contributed by atoms with Gasteiger partial charge in [0.15, 0.2) is 0 Å². The Kier molecular flexibility index (Phi) is 5.10. The van der Waals surface area contributed by atoms with E-state index in [1.54, 1.807) is 11.3 Å². The lowest BCUT2D eigenvalue weighted by Gasteiger charge is -2.03. The molecular formula is C9H13Cl2NS. The molecule has 74 valence electrons. The van der Waals surface area contributed by atoms with Gasteiger partial charge < -0.3 is 5.32 Å². The summed E-state index contributed by atoms with van der Waals surface area (Å²) in [7, 11) is 0. The number of nitrogens with one attached hydrogen (secondary N) is 1. The number of alkyl halides is 1. The SMILES string of the molecule is CC(Cl)CCNCc1ccc(Cl)s1. The van der Waals surface area contributed by atoms with Crippen molar-refractivity contribution in [1.29, 1.82) is 0 Å². The molecule has 0 bridgehead atoms. The number of hydrogen-bond acceptors (Lipinski definition) is 2. The third kappa shape index (κ3) is 4.87. The van der Waals surface area contributed by atoms with E-state index in [2.05, 4.69) is 5.32 Å². The maximum atomic E-state index is 5.81.